The maximum absolute atomic E-state index is 12.8. The van der Waals surface area contributed by atoms with Crippen molar-refractivity contribution in [2.75, 3.05) is 0 Å². The van der Waals surface area contributed by atoms with Crippen molar-refractivity contribution in [1.29, 1.82) is 0 Å². The van der Waals surface area contributed by atoms with Gasteiger partial charge in [0, 0.05) is 0 Å². The van der Waals surface area contributed by atoms with Gasteiger partial charge in [-0.05, 0) is 31.6 Å². The Morgan fingerprint density at radius 3 is 1.79 bits per heavy atom. The van der Waals surface area contributed by atoms with E-state index in [-0.39, 0.29) is 0 Å². The smallest absolute Gasteiger partial charge is 0.100 e. The highest BCUT2D eigenvalue weighted by Crippen LogP contribution is 2.33. The fourth-order valence-corrected chi connectivity index (χ4v) is 2.06. The first-order chi connectivity index (χ1) is 6.65. The Labute approximate surface area is 89.3 Å². The highest BCUT2D eigenvalue weighted by atomic mass is 19.1. The lowest BCUT2D eigenvalue weighted by Crippen LogP contribution is -2.20. The molecular formula is C13H27F. The SMILES string of the molecule is CCC.CCC1CCC(C(C)F)CC1. The van der Waals surface area contributed by atoms with Crippen molar-refractivity contribution in [3.05, 3.63) is 0 Å². The lowest BCUT2D eigenvalue weighted by atomic mass is 9.79. The fraction of sp³-hybridized carbons (Fsp3) is 1.00. The molecule has 0 nitrogen and oxygen atoms in total. The van der Waals surface area contributed by atoms with Crippen LogP contribution in [-0.2, 0) is 0 Å². The average Bonchev–Trinajstić information content (AvgIpc) is 2.19. The van der Waals surface area contributed by atoms with E-state index in [4.69, 9.17) is 0 Å². The molecule has 0 spiro atoms. The molecule has 1 aliphatic rings. The highest BCUT2D eigenvalue weighted by Gasteiger charge is 2.23. The average molecular weight is 202 g/mol. The van der Waals surface area contributed by atoms with Crippen LogP contribution in [0.25, 0.3) is 0 Å². The van der Waals surface area contributed by atoms with E-state index in [9.17, 15) is 4.39 Å². The quantitative estimate of drug-likeness (QED) is 0.592. The molecule has 0 aromatic rings. The van der Waals surface area contributed by atoms with Crippen LogP contribution in [0.2, 0.25) is 0 Å². The maximum Gasteiger partial charge on any atom is 0.100 e. The van der Waals surface area contributed by atoms with Crippen LogP contribution in [0.5, 0.6) is 0 Å². The van der Waals surface area contributed by atoms with E-state index in [1.807, 2.05) is 0 Å². The monoisotopic (exact) mass is 202 g/mol. The van der Waals surface area contributed by atoms with Crippen LogP contribution >= 0.6 is 0 Å². The van der Waals surface area contributed by atoms with Crippen molar-refractivity contribution in [3.63, 3.8) is 0 Å². The Morgan fingerprint density at radius 2 is 1.50 bits per heavy atom. The van der Waals surface area contributed by atoms with Gasteiger partial charge in [0.15, 0.2) is 0 Å². The van der Waals surface area contributed by atoms with Gasteiger partial charge in [0.25, 0.3) is 0 Å². The molecule has 0 heterocycles. The molecule has 1 aliphatic carbocycles. The molecule has 0 aliphatic heterocycles. The molecule has 1 atom stereocenters. The van der Waals surface area contributed by atoms with Gasteiger partial charge in [0.1, 0.15) is 6.17 Å². The molecule has 14 heavy (non-hydrogen) atoms. The number of hydrogen-bond donors (Lipinski definition) is 0. The Kier molecular flexibility index (Phi) is 8.21. The van der Waals surface area contributed by atoms with Crippen LogP contribution in [-0.4, -0.2) is 6.17 Å². The Morgan fingerprint density at radius 1 is 1.07 bits per heavy atom. The van der Waals surface area contributed by atoms with Crippen molar-refractivity contribution in [3.8, 4) is 0 Å². The van der Waals surface area contributed by atoms with Gasteiger partial charge >= 0.3 is 0 Å². The second-order valence-corrected chi connectivity index (χ2v) is 4.57. The van der Waals surface area contributed by atoms with E-state index >= 15 is 0 Å². The topological polar surface area (TPSA) is 0 Å². The molecule has 0 aromatic heterocycles. The van der Waals surface area contributed by atoms with E-state index in [0.717, 1.165) is 18.8 Å². The zero-order chi connectivity index (χ0) is 11.0. The van der Waals surface area contributed by atoms with E-state index < -0.39 is 6.17 Å². The summed E-state index contributed by atoms with van der Waals surface area (Å²) in [7, 11) is 0. The van der Waals surface area contributed by atoms with Gasteiger partial charge in [-0.3, -0.25) is 0 Å². The number of hydrogen-bond acceptors (Lipinski definition) is 0. The normalized spacial score (nSPS) is 28.9. The Balaban J connectivity index is 0.000000500. The van der Waals surface area contributed by atoms with E-state index in [1.54, 1.807) is 6.92 Å². The van der Waals surface area contributed by atoms with Crippen molar-refractivity contribution in [1.82, 2.24) is 0 Å². The zero-order valence-corrected chi connectivity index (χ0v) is 10.4. The van der Waals surface area contributed by atoms with E-state index in [1.165, 1.54) is 25.7 Å². The summed E-state index contributed by atoms with van der Waals surface area (Å²) in [5.74, 6) is 1.27. The first-order valence-corrected chi connectivity index (χ1v) is 6.29. The van der Waals surface area contributed by atoms with Gasteiger partial charge in [-0.15, -0.1) is 0 Å². The molecule has 86 valence electrons. The molecule has 0 saturated heterocycles. The van der Waals surface area contributed by atoms with Crippen molar-refractivity contribution < 1.29 is 4.39 Å². The van der Waals surface area contributed by atoms with Crippen molar-refractivity contribution in [2.24, 2.45) is 11.8 Å². The molecular weight excluding hydrogens is 175 g/mol. The summed E-state index contributed by atoms with van der Waals surface area (Å²) in [6.45, 7) is 8.20. The summed E-state index contributed by atoms with van der Waals surface area (Å²) in [6, 6.07) is 0. The molecule has 1 unspecified atom stereocenters. The minimum Gasteiger partial charge on any atom is -0.247 e. The first kappa shape index (κ1) is 13.9. The molecule has 1 fully saturated rings. The van der Waals surface area contributed by atoms with E-state index in [0.29, 0.717) is 5.92 Å². The van der Waals surface area contributed by atoms with Crippen LogP contribution < -0.4 is 0 Å². The van der Waals surface area contributed by atoms with Gasteiger partial charge in [-0.1, -0.05) is 46.5 Å². The van der Waals surface area contributed by atoms with Crippen LogP contribution in [0.1, 0.15) is 66.2 Å². The van der Waals surface area contributed by atoms with Gasteiger partial charge < -0.3 is 0 Å². The van der Waals surface area contributed by atoms with E-state index in [2.05, 4.69) is 20.8 Å². The summed E-state index contributed by atoms with van der Waals surface area (Å²) < 4.78 is 12.8. The summed E-state index contributed by atoms with van der Waals surface area (Å²) in [6.07, 6.45) is 6.72. The second kappa shape index (κ2) is 8.26. The molecule has 1 heteroatoms. The predicted molar refractivity (Wildman–Crippen MR) is 62.3 cm³/mol. The lowest BCUT2D eigenvalue weighted by molar-refractivity contribution is 0.167. The number of rotatable bonds is 2. The molecule has 1 saturated carbocycles. The predicted octanol–water partition coefficient (Wildman–Crippen LogP) is 4.98. The fourth-order valence-electron chi connectivity index (χ4n) is 2.06. The maximum atomic E-state index is 12.8. The summed E-state index contributed by atoms with van der Waals surface area (Å²) in [5.41, 5.74) is 0. The third kappa shape index (κ3) is 5.62. The molecule has 0 aromatic carbocycles. The summed E-state index contributed by atoms with van der Waals surface area (Å²) in [5, 5.41) is 0. The molecule has 0 amide bonds. The number of halogens is 1. The largest absolute Gasteiger partial charge is 0.247 e. The Hall–Kier alpha value is -0.0700. The van der Waals surface area contributed by atoms with Crippen molar-refractivity contribution in [2.45, 2.75) is 72.4 Å². The standard InChI is InChI=1S/C10H19F.C3H8/c1-3-9-4-6-10(7-5-9)8(2)11;1-3-2/h8-10H,3-7H2,1-2H3;3H2,1-2H3. The Bertz CT molecular complexity index is 112. The van der Waals surface area contributed by atoms with Gasteiger partial charge in [-0.25, -0.2) is 4.39 Å². The van der Waals surface area contributed by atoms with Crippen molar-refractivity contribution >= 4 is 0 Å². The minimum absolute atomic E-state index is 0.373. The summed E-state index contributed by atoms with van der Waals surface area (Å²) in [4.78, 5) is 0. The summed E-state index contributed by atoms with van der Waals surface area (Å²) >= 11 is 0. The third-order valence-electron chi connectivity index (χ3n) is 3.12. The number of alkyl halides is 1. The highest BCUT2D eigenvalue weighted by molar-refractivity contribution is 4.74. The molecule has 0 N–H and O–H groups in total. The van der Waals surface area contributed by atoms with Crippen LogP contribution in [0.4, 0.5) is 4.39 Å². The zero-order valence-electron chi connectivity index (χ0n) is 10.4. The minimum atomic E-state index is -0.576. The third-order valence-corrected chi connectivity index (χ3v) is 3.12. The van der Waals surface area contributed by atoms with Crippen LogP contribution in [0, 0.1) is 11.8 Å². The first-order valence-electron chi connectivity index (χ1n) is 6.29. The molecule has 1 rings (SSSR count). The van der Waals surface area contributed by atoms with Gasteiger partial charge in [0.2, 0.25) is 0 Å². The van der Waals surface area contributed by atoms with Gasteiger partial charge in [-0.2, -0.15) is 0 Å². The van der Waals surface area contributed by atoms with Gasteiger partial charge in [0.05, 0.1) is 0 Å². The van der Waals surface area contributed by atoms with Crippen LogP contribution in [0.3, 0.4) is 0 Å². The lowest BCUT2D eigenvalue weighted by Gasteiger charge is -2.28. The second-order valence-electron chi connectivity index (χ2n) is 4.57. The molecule has 0 radical (unpaired) electrons. The van der Waals surface area contributed by atoms with Crippen LogP contribution in [0.15, 0.2) is 0 Å². The molecule has 0 bridgehead atoms.